The molecule has 0 radical (unpaired) electrons. The summed E-state index contributed by atoms with van der Waals surface area (Å²) in [4.78, 5) is 21.8. The summed E-state index contributed by atoms with van der Waals surface area (Å²) in [5.74, 6) is 6.02. The van der Waals surface area contributed by atoms with Crippen LogP contribution in [0.5, 0.6) is 46.3 Å². The summed E-state index contributed by atoms with van der Waals surface area (Å²) >= 11 is 0. The second kappa shape index (κ2) is 14.4. The third-order valence-corrected chi connectivity index (χ3v) is 8.77. The normalized spacial score (nSPS) is 11.4. The predicted molar refractivity (Wildman–Crippen MR) is 204 cm³/mol. The Morgan fingerprint density at radius 2 is 0.887 bits per heavy atom. The highest BCUT2D eigenvalue weighted by atomic mass is 16.5. The third-order valence-electron chi connectivity index (χ3n) is 8.77. The molecule has 0 bridgehead atoms. The molecule has 0 aliphatic rings. The van der Waals surface area contributed by atoms with Gasteiger partial charge in [0.15, 0.2) is 0 Å². The van der Waals surface area contributed by atoms with Crippen LogP contribution in [0.2, 0.25) is 0 Å². The van der Waals surface area contributed by atoms with Crippen molar-refractivity contribution in [1.29, 1.82) is 0 Å². The molecule has 0 saturated heterocycles. The summed E-state index contributed by atoms with van der Waals surface area (Å²) < 4.78 is 26.9. The van der Waals surface area contributed by atoms with E-state index in [1.165, 1.54) is 12.7 Å². The summed E-state index contributed by atoms with van der Waals surface area (Å²) in [6, 6.07) is 34.8. The van der Waals surface area contributed by atoms with Crippen molar-refractivity contribution in [2.45, 2.75) is 39.5 Å². The van der Waals surface area contributed by atoms with Crippen LogP contribution in [0.25, 0.3) is 27.8 Å². The Balaban J connectivity index is 1.09. The van der Waals surface area contributed by atoms with E-state index >= 15 is 0 Å². The molecule has 4 heterocycles. The Labute approximate surface area is 306 Å². The Bertz CT molecular complexity index is 2400. The minimum atomic E-state index is 0.367. The van der Waals surface area contributed by atoms with Crippen LogP contribution in [-0.2, 0) is 0 Å². The third kappa shape index (κ3) is 7.34. The van der Waals surface area contributed by atoms with E-state index in [2.05, 4.69) is 52.6 Å². The highest BCUT2D eigenvalue weighted by Gasteiger charge is 2.17. The van der Waals surface area contributed by atoms with E-state index in [-0.39, 0.29) is 0 Å². The van der Waals surface area contributed by atoms with Gasteiger partial charge in [0.05, 0.1) is 11.0 Å². The summed E-state index contributed by atoms with van der Waals surface area (Å²) in [7, 11) is 0. The Kier molecular flexibility index (Phi) is 9.08. The molecule has 4 aromatic carbocycles. The molecule has 0 N–H and O–H groups in total. The molecule has 262 valence electrons. The van der Waals surface area contributed by atoms with E-state index in [0.29, 0.717) is 64.0 Å². The van der Waals surface area contributed by atoms with Gasteiger partial charge < -0.3 is 18.9 Å². The van der Waals surface area contributed by atoms with Crippen molar-refractivity contribution in [3.8, 4) is 52.2 Å². The van der Waals surface area contributed by atoms with Crippen LogP contribution in [-0.4, -0.2) is 29.5 Å². The smallest absolute Gasteiger partial charge is 0.237 e. The van der Waals surface area contributed by atoms with Crippen molar-refractivity contribution in [1.82, 2.24) is 29.5 Å². The van der Waals surface area contributed by atoms with Gasteiger partial charge in [0.2, 0.25) is 17.7 Å². The van der Waals surface area contributed by atoms with Crippen LogP contribution >= 0.6 is 0 Å². The summed E-state index contributed by atoms with van der Waals surface area (Å²) in [6.07, 6.45) is 6.49. The largest absolute Gasteiger partial charge is 0.457 e. The molecule has 4 aromatic heterocycles. The fourth-order valence-electron chi connectivity index (χ4n) is 6.06. The molecule has 8 aromatic rings. The van der Waals surface area contributed by atoms with E-state index in [4.69, 9.17) is 18.9 Å². The van der Waals surface area contributed by atoms with Gasteiger partial charge in [-0.25, -0.2) is 24.9 Å². The zero-order valence-corrected chi connectivity index (χ0v) is 29.7. The number of hydrogen-bond acceptors (Lipinski definition) is 9. The molecule has 0 aliphatic heterocycles. The quantitative estimate of drug-likeness (QED) is 0.130. The lowest BCUT2D eigenvalue weighted by Gasteiger charge is -2.11. The molecule has 10 nitrogen and oxygen atoms in total. The number of rotatable bonds is 11. The molecule has 53 heavy (non-hydrogen) atoms. The van der Waals surface area contributed by atoms with E-state index in [9.17, 15) is 0 Å². The summed E-state index contributed by atoms with van der Waals surface area (Å²) in [6.45, 7) is 8.56. The van der Waals surface area contributed by atoms with Crippen molar-refractivity contribution in [2.24, 2.45) is 0 Å². The van der Waals surface area contributed by atoms with Gasteiger partial charge in [-0.2, -0.15) is 0 Å². The topological polar surface area (TPSA) is 106 Å². The van der Waals surface area contributed by atoms with Gasteiger partial charge in [-0.05, 0) is 83.6 Å². The number of aromatic nitrogens is 6. The number of hydrogen-bond donors (Lipinski definition) is 0. The molecular formula is C43H36N6O4. The average molecular weight is 701 g/mol. The maximum absolute atomic E-state index is 6.38. The van der Waals surface area contributed by atoms with Gasteiger partial charge in [0, 0.05) is 59.6 Å². The van der Waals surface area contributed by atoms with Crippen molar-refractivity contribution in [3.63, 3.8) is 0 Å². The van der Waals surface area contributed by atoms with Crippen LogP contribution in [0.3, 0.4) is 0 Å². The van der Waals surface area contributed by atoms with Gasteiger partial charge in [-0.3, -0.25) is 4.57 Å². The standard InChI is InChI=1S/C43H36N6O4/c1-27(2)29-15-17-45-41(19-29)52-33-9-5-7-31(21-33)50-35-11-13-37-38-14-12-36(24-40(38)49(39(37)23-35)43-47-25-44-26-48-43)51-32-8-6-10-34(22-32)53-42-20-30(28(3)4)16-18-46-42/h5-28H,1-4H3. The Hall–Kier alpha value is -6.81. The van der Waals surface area contributed by atoms with Gasteiger partial charge >= 0.3 is 0 Å². The number of pyridine rings is 2. The number of nitrogens with zero attached hydrogens (tertiary/aromatic N) is 6. The molecule has 0 amide bonds. The van der Waals surface area contributed by atoms with Crippen LogP contribution in [0.4, 0.5) is 0 Å². The lowest BCUT2D eigenvalue weighted by molar-refractivity contribution is 0.448. The lowest BCUT2D eigenvalue weighted by atomic mass is 10.1. The van der Waals surface area contributed by atoms with Crippen molar-refractivity contribution in [3.05, 3.63) is 145 Å². The lowest BCUT2D eigenvalue weighted by Crippen LogP contribution is -2.01. The molecule has 10 heteroatoms. The molecule has 0 fully saturated rings. The van der Waals surface area contributed by atoms with Gasteiger partial charge in [0.25, 0.3) is 0 Å². The maximum Gasteiger partial charge on any atom is 0.237 e. The highest BCUT2D eigenvalue weighted by molar-refractivity contribution is 6.09. The summed E-state index contributed by atoms with van der Waals surface area (Å²) in [5.41, 5.74) is 4.02. The molecule has 0 unspecified atom stereocenters. The van der Waals surface area contributed by atoms with Crippen LogP contribution < -0.4 is 18.9 Å². The van der Waals surface area contributed by atoms with E-state index in [1.54, 1.807) is 12.4 Å². The molecule has 0 saturated carbocycles. The first-order valence-electron chi connectivity index (χ1n) is 17.4. The van der Waals surface area contributed by atoms with Crippen molar-refractivity contribution >= 4 is 21.8 Å². The monoisotopic (exact) mass is 700 g/mol. The summed E-state index contributed by atoms with van der Waals surface area (Å²) in [5, 5.41) is 2.00. The van der Waals surface area contributed by atoms with E-state index in [0.717, 1.165) is 32.9 Å². The Morgan fingerprint density at radius 1 is 0.453 bits per heavy atom. The van der Waals surface area contributed by atoms with Crippen molar-refractivity contribution < 1.29 is 18.9 Å². The zero-order chi connectivity index (χ0) is 36.3. The van der Waals surface area contributed by atoms with Gasteiger partial charge in [-0.15, -0.1) is 0 Å². The zero-order valence-electron chi connectivity index (χ0n) is 29.7. The SMILES string of the molecule is CC(C)c1ccnc(Oc2cccc(Oc3ccc4c5ccc(Oc6cccc(Oc7cc(C(C)C)ccn7)c6)cc5n(-c5ncncn5)c4c3)c2)c1. The predicted octanol–water partition coefficient (Wildman–Crippen LogP) is 11.2. The molecule has 0 atom stereocenters. The second-order valence-corrected chi connectivity index (χ2v) is 13.2. The van der Waals surface area contributed by atoms with Crippen LogP contribution in [0.1, 0.15) is 50.7 Å². The average Bonchev–Trinajstić information content (AvgIpc) is 3.48. The molecule has 0 spiro atoms. The maximum atomic E-state index is 6.38. The fraction of sp³-hybridized carbons (Fsp3) is 0.140. The molecule has 0 aliphatic carbocycles. The van der Waals surface area contributed by atoms with Gasteiger partial charge in [-0.1, -0.05) is 39.8 Å². The van der Waals surface area contributed by atoms with Crippen molar-refractivity contribution in [2.75, 3.05) is 0 Å². The number of benzene rings is 4. The van der Waals surface area contributed by atoms with E-state index < -0.39 is 0 Å². The van der Waals surface area contributed by atoms with Crippen LogP contribution in [0.15, 0.2) is 134 Å². The fourth-order valence-corrected chi connectivity index (χ4v) is 6.06. The number of fused-ring (bicyclic) bond motifs is 3. The first kappa shape index (κ1) is 33.3. The highest BCUT2D eigenvalue weighted by Crippen LogP contribution is 2.38. The second-order valence-electron chi connectivity index (χ2n) is 13.2. The first-order chi connectivity index (χ1) is 25.9. The minimum absolute atomic E-state index is 0.367. The first-order valence-corrected chi connectivity index (χ1v) is 17.4. The molecule has 8 rings (SSSR count). The number of ether oxygens (including phenoxy) is 4. The Morgan fingerprint density at radius 3 is 1.34 bits per heavy atom. The minimum Gasteiger partial charge on any atom is -0.457 e. The van der Waals surface area contributed by atoms with E-state index in [1.807, 2.05) is 114 Å². The molecular weight excluding hydrogens is 665 g/mol. The van der Waals surface area contributed by atoms with Crippen LogP contribution in [0, 0.1) is 0 Å². The van der Waals surface area contributed by atoms with Gasteiger partial charge in [0.1, 0.15) is 47.2 Å².